The van der Waals surface area contributed by atoms with E-state index in [1.165, 1.54) is 7.11 Å². The first kappa shape index (κ1) is 15.3. The Hall–Kier alpha value is -0.650. The minimum absolute atomic E-state index is 0.00533. The predicted octanol–water partition coefficient (Wildman–Crippen LogP) is 0.982. The van der Waals surface area contributed by atoms with E-state index in [4.69, 9.17) is 9.47 Å². The SMILES string of the molecule is COC(=O)[C@@H]1CC12CCN(CCN1CCO[C@@H](C)C1)CC2. The van der Waals surface area contributed by atoms with Crippen LogP contribution in [-0.4, -0.2) is 74.9 Å². The third-order valence-electron chi connectivity index (χ3n) is 5.58. The second-order valence-corrected chi connectivity index (χ2v) is 6.97. The van der Waals surface area contributed by atoms with Crippen molar-refractivity contribution in [2.75, 3.05) is 53.0 Å². The molecule has 0 bridgehead atoms. The average molecular weight is 296 g/mol. The summed E-state index contributed by atoms with van der Waals surface area (Å²) < 4.78 is 10.5. The summed E-state index contributed by atoms with van der Waals surface area (Å²) in [5.41, 5.74) is 0.289. The summed E-state index contributed by atoms with van der Waals surface area (Å²) in [6.45, 7) is 9.68. The summed E-state index contributed by atoms with van der Waals surface area (Å²) in [6, 6.07) is 0. The smallest absolute Gasteiger partial charge is 0.309 e. The molecule has 0 aromatic heterocycles. The largest absolute Gasteiger partial charge is 0.469 e. The molecule has 0 radical (unpaired) electrons. The minimum atomic E-state index is 0.00533. The second kappa shape index (κ2) is 6.23. The zero-order chi connectivity index (χ0) is 14.9. The molecule has 0 N–H and O–H groups in total. The number of likely N-dealkylation sites (tertiary alicyclic amines) is 1. The Morgan fingerprint density at radius 3 is 2.62 bits per heavy atom. The molecule has 0 amide bonds. The first-order valence-corrected chi connectivity index (χ1v) is 8.27. The first-order valence-electron chi connectivity index (χ1n) is 8.27. The van der Waals surface area contributed by atoms with Crippen molar-refractivity contribution in [3.05, 3.63) is 0 Å². The Bertz CT molecular complexity index is 380. The Balaban J connectivity index is 1.38. The van der Waals surface area contributed by atoms with Crippen molar-refractivity contribution >= 4 is 5.97 Å². The number of hydrogen-bond acceptors (Lipinski definition) is 5. The molecule has 5 nitrogen and oxygen atoms in total. The molecular formula is C16H28N2O3. The van der Waals surface area contributed by atoms with Crippen molar-refractivity contribution in [1.82, 2.24) is 9.80 Å². The standard InChI is InChI=1S/C16H28N2O3/c1-13-12-18(9-10-21-13)8-7-17-5-3-16(4-6-17)11-14(16)15(19)20-2/h13-14H,3-12H2,1-2H3/t13-,14-/m0/s1. The van der Waals surface area contributed by atoms with Gasteiger partial charge in [-0.15, -0.1) is 0 Å². The van der Waals surface area contributed by atoms with Crippen LogP contribution in [0.1, 0.15) is 26.2 Å². The fourth-order valence-electron chi connectivity index (χ4n) is 3.97. The van der Waals surface area contributed by atoms with E-state index >= 15 is 0 Å². The Morgan fingerprint density at radius 2 is 1.95 bits per heavy atom. The zero-order valence-electron chi connectivity index (χ0n) is 13.3. The maximum atomic E-state index is 11.6. The quantitative estimate of drug-likeness (QED) is 0.724. The van der Waals surface area contributed by atoms with Crippen LogP contribution in [0.3, 0.4) is 0 Å². The Morgan fingerprint density at radius 1 is 1.24 bits per heavy atom. The van der Waals surface area contributed by atoms with Crippen LogP contribution in [0.2, 0.25) is 0 Å². The van der Waals surface area contributed by atoms with Gasteiger partial charge >= 0.3 is 5.97 Å². The molecule has 120 valence electrons. The third-order valence-corrected chi connectivity index (χ3v) is 5.58. The van der Waals surface area contributed by atoms with Gasteiger partial charge in [0, 0.05) is 26.2 Å². The average Bonchev–Trinajstić information content (AvgIpc) is 3.20. The molecule has 21 heavy (non-hydrogen) atoms. The van der Waals surface area contributed by atoms with E-state index in [-0.39, 0.29) is 17.3 Å². The van der Waals surface area contributed by atoms with Gasteiger partial charge in [-0.05, 0) is 44.7 Å². The minimum Gasteiger partial charge on any atom is -0.469 e. The van der Waals surface area contributed by atoms with Crippen LogP contribution in [0.25, 0.3) is 0 Å². The van der Waals surface area contributed by atoms with E-state index in [1.807, 2.05) is 0 Å². The highest BCUT2D eigenvalue weighted by atomic mass is 16.5. The lowest BCUT2D eigenvalue weighted by Gasteiger charge is -2.36. The highest BCUT2D eigenvalue weighted by Gasteiger charge is 2.59. The van der Waals surface area contributed by atoms with Gasteiger partial charge < -0.3 is 14.4 Å². The summed E-state index contributed by atoms with van der Waals surface area (Å²) in [4.78, 5) is 16.7. The molecule has 1 aliphatic carbocycles. The van der Waals surface area contributed by atoms with Gasteiger partial charge in [0.25, 0.3) is 0 Å². The maximum Gasteiger partial charge on any atom is 0.309 e. The molecule has 1 saturated carbocycles. The van der Waals surface area contributed by atoms with Gasteiger partial charge in [0.15, 0.2) is 0 Å². The number of ether oxygens (including phenoxy) is 2. The number of methoxy groups -OCH3 is 1. The van der Waals surface area contributed by atoms with Crippen LogP contribution in [-0.2, 0) is 14.3 Å². The predicted molar refractivity (Wildman–Crippen MR) is 80.1 cm³/mol. The molecule has 2 heterocycles. The number of carbonyl (C=O) groups is 1. The van der Waals surface area contributed by atoms with Gasteiger partial charge in [-0.25, -0.2) is 0 Å². The van der Waals surface area contributed by atoms with Crippen LogP contribution in [0.15, 0.2) is 0 Å². The summed E-state index contributed by atoms with van der Waals surface area (Å²) in [5, 5.41) is 0. The molecule has 3 aliphatic rings. The van der Waals surface area contributed by atoms with Crippen LogP contribution in [0.5, 0.6) is 0 Å². The van der Waals surface area contributed by atoms with Crippen molar-refractivity contribution in [3.8, 4) is 0 Å². The molecule has 2 atom stereocenters. The number of nitrogens with zero attached hydrogens (tertiary/aromatic N) is 2. The lowest BCUT2D eigenvalue weighted by molar-refractivity contribution is -0.143. The molecule has 3 fully saturated rings. The van der Waals surface area contributed by atoms with Gasteiger partial charge in [-0.3, -0.25) is 9.69 Å². The summed E-state index contributed by atoms with van der Waals surface area (Å²) in [5.74, 6) is 0.190. The van der Waals surface area contributed by atoms with Crippen LogP contribution in [0, 0.1) is 11.3 Å². The fraction of sp³-hybridized carbons (Fsp3) is 0.938. The Labute approximate surface area is 127 Å². The number of morpholine rings is 1. The van der Waals surface area contributed by atoms with Crippen molar-refractivity contribution in [1.29, 1.82) is 0 Å². The molecule has 2 aliphatic heterocycles. The van der Waals surface area contributed by atoms with Crippen LogP contribution in [0.4, 0.5) is 0 Å². The Kier molecular flexibility index (Phi) is 4.52. The second-order valence-electron chi connectivity index (χ2n) is 6.97. The van der Waals surface area contributed by atoms with Gasteiger partial charge in [-0.2, -0.15) is 0 Å². The molecular weight excluding hydrogens is 268 g/mol. The van der Waals surface area contributed by atoms with E-state index in [0.29, 0.717) is 6.10 Å². The molecule has 0 aromatic carbocycles. The van der Waals surface area contributed by atoms with Crippen LogP contribution >= 0.6 is 0 Å². The first-order chi connectivity index (χ1) is 10.1. The molecule has 0 aromatic rings. The summed E-state index contributed by atoms with van der Waals surface area (Å²) >= 11 is 0. The highest BCUT2D eigenvalue weighted by Crippen LogP contribution is 2.59. The van der Waals surface area contributed by atoms with Gasteiger partial charge in [-0.1, -0.05) is 0 Å². The van der Waals surface area contributed by atoms with E-state index < -0.39 is 0 Å². The lowest BCUT2D eigenvalue weighted by atomic mass is 9.91. The number of carbonyl (C=O) groups excluding carboxylic acids is 1. The molecule has 3 rings (SSSR count). The van der Waals surface area contributed by atoms with Crippen LogP contribution < -0.4 is 0 Å². The van der Waals surface area contributed by atoms with Gasteiger partial charge in [0.2, 0.25) is 0 Å². The fourth-order valence-corrected chi connectivity index (χ4v) is 3.97. The third kappa shape index (κ3) is 3.41. The van der Waals surface area contributed by atoms with E-state index in [2.05, 4.69) is 16.7 Å². The molecule has 2 saturated heterocycles. The van der Waals surface area contributed by atoms with E-state index in [9.17, 15) is 4.79 Å². The summed E-state index contributed by atoms with van der Waals surface area (Å²) in [7, 11) is 1.51. The van der Waals surface area contributed by atoms with Crippen molar-refractivity contribution in [2.45, 2.75) is 32.3 Å². The topological polar surface area (TPSA) is 42.0 Å². The molecule has 1 spiro atoms. The van der Waals surface area contributed by atoms with E-state index in [0.717, 1.165) is 65.1 Å². The lowest BCUT2D eigenvalue weighted by Crippen LogP contribution is -2.46. The number of rotatable bonds is 4. The van der Waals surface area contributed by atoms with Gasteiger partial charge in [0.05, 0.1) is 25.7 Å². The normalized spacial score (nSPS) is 33.0. The van der Waals surface area contributed by atoms with Crippen molar-refractivity contribution in [2.24, 2.45) is 11.3 Å². The highest BCUT2D eigenvalue weighted by molar-refractivity contribution is 5.76. The van der Waals surface area contributed by atoms with Gasteiger partial charge in [0.1, 0.15) is 0 Å². The van der Waals surface area contributed by atoms with Crippen molar-refractivity contribution < 1.29 is 14.3 Å². The molecule has 0 unspecified atom stereocenters. The number of piperidine rings is 1. The number of hydrogen-bond donors (Lipinski definition) is 0. The van der Waals surface area contributed by atoms with Crippen molar-refractivity contribution in [3.63, 3.8) is 0 Å². The zero-order valence-corrected chi connectivity index (χ0v) is 13.3. The number of esters is 1. The summed E-state index contributed by atoms with van der Waals surface area (Å²) in [6.07, 6.45) is 3.74. The van der Waals surface area contributed by atoms with E-state index in [1.54, 1.807) is 0 Å². The maximum absolute atomic E-state index is 11.6. The monoisotopic (exact) mass is 296 g/mol. The molecule has 5 heteroatoms.